The third kappa shape index (κ3) is 3.86. The molecule has 3 aliphatic carbocycles. The van der Waals surface area contributed by atoms with Crippen LogP contribution in [0, 0.1) is 5.92 Å². The molecule has 3 aliphatic rings. The van der Waals surface area contributed by atoms with E-state index in [-0.39, 0.29) is 35.9 Å². The van der Waals surface area contributed by atoms with Gasteiger partial charge in [-0.25, -0.2) is 0 Å². The van der Waals surface area contributed by atoms with E-state index < -0.39 is 0 Å². The van der Waals surface area contributed by atoms with Gasteiger partial charge in [-0.15, -0.1) is 0 Å². The van der Waals surface area contributed by atoms with Crippen LogP contribution in [0.15, 0.2) is 10.6 Å². The molecule has 0 unspecified atom stereocenters. The summed E-state index contributed by atoms with van der Waals surface area (Å²) in [7, 11) is 0. The van der Waals surface area contributed by atoms with Crippen molar-refractivity contribution in [1.82, 2.24) is 15.8 Å². The van der Waals surface area contributed by atoms with Crippen LogP contribution in [0.1, 0.15) is 73.5 Å². The smallest absolute Gasteiger partial charge is 0.273 e. The number of aromatic nitrogens is 1. The van der Waals surface area contributed by atoms with Crippen LogP contribution in [0.5, 0.6) is 0 Å². The molecule has 25 heavy (non-hydrogen) atoms. The van der Waals surface area contributed by atoms with E-state index in [2.05, 4.69) is 15.8 Å². The maximum atomic E-state index is 12.3. The quantitative estimate of drug-likeness (QED) is 0.747. The first-order chi connectivity index (χ1) is 12.1. The second kappa shape index (κ2) is 6.78. The van der Waals surface area contributed by atoms with Crippen molar-refractivity contribution < 1.29 is 14.1 Å². The van der Waals surface area contributed by atoms with Gasteiger partial charge in [0.05, 0.1) is 0 Å². The second-order valence-corrected chi connectivity index (χ2v) is 7.85. The Morgan fingerprint density at radius 3 is 2.28 bits per heavy atom. The Morgan fingerprint density at radius 2 is 1.68 bits per heavy atom. The van der Waals surface area contributed by atoms with E-state index in [0.717, 1.165) is 57.1 Å². The minimum absolute atomic E-state index is 0.0975. The molecular formula is C18H26N4O3. The highest BCUT2D eigenvalue weighted by atomic mass is 16.5. The topological polar surface area (TPSA) is 110 Å². The Hall–Kier alpha value is -1.89. The summed E-state index contributed by atoms with van der Waals surface area (Å²) in [6, 6.07) is 2.31. The van der Waals surface area contributed by atoms with E-state index in [4.69, 9.17) is 10.3 Å². The highest BCUT2D eigenvalue weighted by molar-refractivity contribution is 5.92. The fraction of sp³-hybridized carbons (Fsp3) is 0.722. The van der Waals surface area contributed by atoms with Crippen molar-refractivity contribution in [3.05, 3.63) is 17.5 Å². The monoisotopic (exact) mass is 346 g/mol. The molecule has 4 rings (SSSR count). The van der Waals surface area contributed by atoms with Crippen LogP contribution < -0.4 is 16.4 Å². The number of carbonyl (C=O) groups excluding carboxylic acids is 2. The van der Waals surface area contributed by atoms with Gasteiger partial charge in [0.1, 0.15) is 5.76 Å². The summed E-state index contributed by atoms with van der Waals surface area (Å²) in [5, 5.41) is 10.1. The first-order valence-electron chi connectivity index (χ1n) is 9.42. The number of nitrogens with zero attached hydrogens (tertiary/aromatic N) is 1. The molecule has 7 heteroatoms. The fourth-order valence-electron chi connectivity index (χ4n) is 3.79. The minimum atomic E-state index is -0.161. The van der Waals surface area contributed by atoms with Gasteiger partial charge in [0.25, 0.3) is 5.91 Å². The number of nitrogens with two attached hydrogens (primary N) is 1. The third-order valence-electron chi connectivity index (χ3n) is 5.69. The molecule has 136 valence electrons. The van der Waals surface area contributed by atoms with E-state index in [1.165, 1.54) is 0 Å². The highest BCUT2D eigenvalue weighted by Crippen LogP contribution is 2.40. The third-order valence-corrected chi connectivity index (χ3v) is 5.69. The van der Waals surface area contributed by atoms with Gasteiger partial charge in [-0.05, 0) is 51.4 Å². The van der Waals surface area contributed by atoms with Crippen LogP contribution in [-0.4, -0.2) is 35.1 Å². The van der Waals surface area contributed by atoms with Crippen LogP contribution in [0.25, 0.3) is 0 Å². The lowest BCUT2D eigenvalue weighted by Crippen LogP contribution is -2.49. The molecule has 2 amide bonds. The number of carbonyl (C=O) groups is 2. The number of rotatable bonds is 5. The predicted octanol–water partition coefficient (Wildman–Crippen LogP) is 1.45. The van der Waals surface area contributed by atoms with Gasteiger partial charge < -0.3 is 20.9 Å². The van der Waals surface area contributed by atoms with E-state index in [0.29, 0.717) is 11.6 Å². The fourth-order valence-corrected chi connectivity index (χ4v) is 3.79. The molecule has 3 saturated carbocycles. The average molecular weight is 346 g/mol. The van der Waals surface area contributed by atoms with Crippen molar-refractivity contribution in [2.45, 2.75) is 75.4 Å². The number of hydrogen-bond acceptors (Lipinski definition) is 5. The van der Waals surface area contributed by atoms with Crippen molar-refractivity contribution in [1.29, 1.82) is 0 Å². The molecule has 7 nitrogen and oxygen atoms in total. The molecule has 0 bridgehead atoms. The summed E-state index contributed by atoms with van der Waals surface area (Å²) in [4.78, 5) is 24.4. The van der Waals surface area contributed by atoms with Gasteiger partial charge in [-0.1, -0.05) is 5.16 Å². The van der Waals surface area contributed by atoms with E-state index in [9.17, 15) is 9.59 Å². The van der Waals surface area contributed by atoms with Crippen LogP contribution >= 0.6 is 0 Å². The van der Waals surface area contributed by atoms with Gasteiger partial charge >= 0.3 is 0 Å². The second-order valence-electron chi connectivity index (χ2n) is 7.85. The molecule has 0 saturated heterocycles. The molecule has 4 N–H and O–H groups in total. The molecule has 0 aliphatic heterocycles. The summed E-state index contributed by atoms with van der Waals surface area (Å²) >= 11 is 0. The van der Waals surface area contributed by atoms with Gasteiger partial charge in [0.2, 0.25) is 5.91 Å². The van der Waals surface area contributed by atoms with Gasteiger partial charge in [0.15, 0.2) is 5.69 Å². The normalized spacial score (nSPS) is 31.9. The molecule has 1 aromatic heterocycles. The van der Waals surface area contributed by atoms with Crippen LogP contribution in [0.4, 0.5) is 0 Å². The van der Waals surface area contributed by atoms with E-state index in [1.807, 2.05) is 0 Å². The molecule has 1 aromatic rings. The summed E-state index contributed by atoms with van der Waals surface area (Å²) < 4.78 is 5.24. The number of hydrogen-bond donors (Lipinski definition) is 3. The first-order valence-corrected chi connectivity index (χ1v) is 9.42. The van der Waals surface area contributed by atoms with Crippen molar-refractivity contribution in [3.8, 4) is 0 Å². The zero-order chi connectivity index (χ0) is 17.4. The van der Waals surface area contributed by atoms with Crippen LogP contribution in [-0.2, 0) is 4.79 Å². The molecule has 1 heterocycles. The Morgan fingerprint density at radius 1 is 1.04 bits per heavy atom. The molecule has 0 spiro atoms. The molecule has 3 fully saturated rings. The van der Waals surface area contributed by atoms with Gasteiger partial charge in [0, 0.05) is 36.0 Å². The number of nitrogens with one attached hydrogen (secondary N) is 2. The summed E-state index contributed by atoms with van der Waals surface area (Å²) in [6.45, 7) is 0. The lowest BCUT2D eigenvalue weighted by Gasteiger charge is -2.34. The Balaban J connectivity index is 1.20. The molecule has 0 atom stereocenters. The van der Waals surface area contributed by atoms with Gasteiger partial charge in [-0.3, -0.25) is 9.59 Å². The van der Waals surface area contributed by atoms with E-state index >= 15 is 0 Å². The Kier molecular flexibility index (Phi) is 4.50. The lowest BCUT2D eigenvalue weighted by atomic mass is 9.80. The summed E-state index contributed by atoms with van der Waals surface area (Å²) in [5.41, 5.74) is 6.12. The van der Waals surface area contributed by atoms with Crippen molar-refractivity contribution in [2.24, 2.45) is 11.7 Å². The lowest BCUT2D eigenvalue weighted by molar-refractivity contribution is -0.128. The Bertz CT molecular complexity index is 641. The molecular weight excluding hydrogens is 320 g/mol. The zero-order valence-corrected chi connectivity index (χ0v) is 14.4. The predicted molar refractivity (Wildman–Crippen MR) is 90.8 cm³/mol. The van der Waals surface area contributed by atoms with E-state index in [1.54, 1.807) is 6.07 Å². The zero-order valence-electron chi connectivity index (χ0n) is 14.4. The Labute approximate surface area is 147 Å². The largest absolute Gasteiger partial charge is 0.360 e. The summed E-state index contributed by atoms with van der Waals surface area (Å²) in [6.07, 6.45) is 7.37. The average Bonchev–Trinajstić information content (AvgIpc) is 3.30. The molecule has 0 aromatic carbocycles. The summed E-state index contributed by atoms with van der Waals surface area (Å²) in [5.74, 6) is 1.36. The standard InChI is InChI=1S/C18H26N4O3/c19-12-7-11(8-12)17(23)20-13-3-5-14(6-4-13)21-18(24)15-9-16(25-22-15)10-1-2-10/h9-14H,1-8,19H2,(H,20,23)(H,21,24)/t11-,12-,13-,14-. The minimum Gasteiger partial charge on any atom is -0.360 e. The maximum Gasteiger partial charge on any atom is 0.273 e. The van der Waals surface area contributed by atoms with Crippen LogP contribution in [0.2, 0.25) is 0 Å². The van der Waals surface area contributed by atoms with Crippen molar-refractivity contribution >= 4 is 11.8 Å². The molecule has 0 radical (unpaired) electrons. The van der Waals surface area contributed by atoms with Crippen molar-refractivity contribution in [3.63, 3.8) is 0 Å². The van der Waals surface area contributed by atoms with Crippen molar-refractivity contribution in [2.75, 3.05) is 0 Å². The number of amides is 2. The van der Waals surface area contributed by atoms with Gasteiger partial charge in [-0.2, -0.15) is 0 Å². The highest BCUT2D eigenvalue weighted by Gasteiger charge is 2.34. The maximum absolute atomic E-state index is 12.3. The first kappa shape index (κ1) is 16.6. The van der Waals surface area contributed by atoms with Crippen LogP contribution in [0.3, 0.4) is 0 Å². The SMILES string of the molecule is N[C@H]1C[C@H](C(=O)N[C@H]2CC[C@H](NC(=O)c3cc(C4CC4)on3)CC2)C1.